The number of nitrogens with one attached hydrogen (secondary N) is 2. The number of hydrogen-bond acceptors (Lipinski definition) is 5. The van der Waals surface area contributed by atoms with Crippen LogP contribution in [0.2, 0.25) is 0 Å². The molecule has 172 valence electrons. The number of carbonyl (C=O) groups is 2. The molecule has 1 aliphatic heterocycles. The molecule has 0 fully saturated rings. The smallest absolute Gasteiger partial charge is 0.293 e. The van der Waals surface area contributed by atoms with E-state index in [4.69, 9.17) is 13.9 Å². The van der Waals surface area contributed by atoms with Crippen molar-refractivity contribution >= 4 is 34.2 Å². The molecule has 2 amide bonds. The Morgan fingerprint density at radius 1 is 0.824 bits per heavy atom. The van der Waals surface area contributed by atoms with Crippen molar-refractivity contribution in [1.29, 1.82) is 0 Å². The highest BCUT2D eigenvalue weighted by Gasteiger charge is 2.23. The van der Waals surface area contributed by atoms with Crippen molar-refractivity contribution in [1.82, 2.24) is 0 Å². The van der Waals surface area contributed by atoms with Gasteiger partial charge in [-0.25, -0.2) is 0 Å². The van der Waals surface area contributed by atoms with E-state index in [9.17, 15) is 9.59 Å². The molecule has 0 saturated heterocycles. The number of aryl methyl sites for hydroxylation is 1. The van der Waals surface area contributed by atoms with Gasteiger partial charge in [0.15, 0.2) is 11.5 Å². The van der Waals surface area contributed by atoms with Crippen LogP contribution in [0.3, 0.4) is 0 Å². The van der Waals surface area contributed by atoms with E-state index in [1.54, 1.807) is 24.3 Å². The van der Waals surface area contributed by atoms with Crippen LogP contribution in [-0.4, -0.2) is 25.0 Å². The zero-order valence-corrected chi connectivity index (χ0v) is 18.5. The van der Waals surface area contributed by atoms with Crippen LogP contribution in [0.1, 0.15) is 29.0 Å². The van der Waals surface area contributed by atoms with Crippen LogP contribution in [0, 0.1) is 0 Å². The van der Waals surface area contributed by atoms with Gasteiger partial charge in [-0.1, -0.05) is 42.5 Å². The van der Waals surface area contributed by atoms with Crippen molar-refractivity contribution in [3.05, 3.63) is 84.1 Å². The lowest BCUT2D eigenvalue weighted by molar-refractivity contribution is -0.116. The van der Waals surface area contributed by atoms with Crippen LogP contribution in [0.15, 0.2) is 77.2 Å². The fourth-order valence-corrected chi connectivity index (χ4v) is 3.94. The summed E-state index contributed by atoms with van der Waals surface area (Å²) in [6.07, 6.45) is 1.83. The summed E-state index contributed by atoms with van der Waals surface area (Å²) in [5.74, 6) is 0.618. The van der Waals surface area contributed by atoms with Gasteiger partial charge in [0.2, 0.25) is 11.7 Å². The second-order valence-corrected chi connectivity index (χ2v) is 8.00. The van der Waals surface area contributed by atoms with Gasteiger partial charge in [-0.15, -0.1) is 0 Å². The van der Waals surface area contributed by atoms with Crippen LogP contribution < -0.4 is 20.1 Å². The Hall–Kier alpha value is -4.26. The number of amides is 2. The average molecular weight is 456 g/mol. The maximum Gasteiger partial charge on any atom is 0.293 e. The molecule has 0 saturated carbocycles. The molecule has 0 bridgehead atoms. The quantitative estimate of drug-likeness (QED) is 0.388. The summed E-state index contributed by atoms with van der Waals surface area (Å²) < 4.78 is 17.0. The van der Waals surface area contributed by atoms with Crippen molar-refractivity contribution in [2.75, 3.05) is 23.8 Å². The Kier molecular flexibility index (Phi) is 6.16. The number of fused-ring (bicyclic) bond motifs is 2. The first-order chi connectivity index (χ1) is 16.7. The fraction of sp³-hybridized carbons (Fsp3) is 0.185. The molecule has 4 aromatic rings. The summed E-state index contributed by atoms with van der Waals surface area (Å²) in [5, 5.41) is 6.40. The van der Waals surface area contributed by atoms with E-state index in [-0.39, 0.29) is 11.7 Å². The number of carbonyl (C=O) groups excluding carboxylic acids is 2. The van der Waals surface area contributed by atoms with Gasteiger partial charge in [-0.3, -0.25) is 9.59 Å². The molecule has 0 atom stereocenters. The Morgan fingerprint density at radius 2 is 1.59 bits per heavy atom. The molecule has 7 heteroatoms. The minimum absolute atomic E-state index is 0.0486. The van der Waals surface area contributed by atoms with Gasteiger partial charge in [0, 0.05) is 23.6 Å². The van der Waals surface area contributed by atoms with Gasteiger partial charge in [0.1, 0.15) is 24.5 Å². The number of para-hydroxylation sites is 1. The van der Waals surface area contributed by atoms with E-state index in [0.717, 1.165) is 6.42 Å². The van der Waals surface area contributed by atoms with E-state index in [1.165, 1.54) is 5.56 Å². The molecule has 2 N–H and O–H groups in total. The lowest BCUT2D eigenvalue weighted by atomic mass is 10.1. The van der Waals surface area contributed by atoms with Crippen molar-refractivity contribution in [3.63, 3.8) is 0 Å². The molecule has 1 aromatic heterocycles. The van der Waals surface area contributed by atoms with Crippen LogP contribution >= 0.6 is 0 Å². The third-order valence-corrected chi connectivity index (χ3v) is 5.58. The van der Waals surface area contributed by atoms with Gasteiger partial charge >= 0.3 is 0 Å². The highest BCUT2D eigenvalue weighted by atomic mass is 16.6. The van der Waals surface area contributed by atoms with Crippen LogP contribution in [0.5, 0.6) is 11.5 Å². The predicted octanol–water partition coefficient (Wildman–Crippen LogP) is 5.42. The second-order valence-electron chi connectivity index (χ2n) is 8.00. The van der Waals surface area contributed by atoms with E-state index < -0.39 is 5.91 Å². The van der Waals surface area contributed by atoms with E-state index in [1.807, 2.05) is 48.5 Å². The molecule has 1 aliphatic rings. The molecular weight excluding hydrogens is 432 g/mol. The van der Waals surface area contributed by atoms with Gasteiger partial charge in [-0.2, -0.15) is 0 Å². The Labute approximate surface area is 196 Å². The summed E-state index contributed by atoms with van der Waals surface area (Å²) in [6.45, 7) is 0.945. The molecule has 0 aliphatic carbocycles. The van der Waals surface area contributed by atoms with Crippen LogP contribution in [-0.2, 0) is 11.2 Å². The van der Waals surface area contributed by atoms with Gasteiger partial charge < -0.3 is 24.5 Å². The second kappa shape index (κ2) is 9.70. The first-order valence-corrected chi connectivity index (χ1v) is 11.2. The third-order valence-electron chi connectivity index (χ3n) is 5.58. The average Bonchev–Trinajstić information content (AvgIpc) is 3.23. The van der Waals surface area contributed by atoms with Gasteiger partial charge in [0.25, 0.3) is 5.91 Å². The monoisotopic (exact) mass is 456 g/mol. The standard InChI is InChI=1S/C27H24N2O5/c30-24(12-6-9-18-7-2-1-3-8-18)29-25-20-10-4-5-11-21(20)34-26(25)27(31)28-19-13-14-22-23(17-19)33-16-15-32-22/h1-5,7-8,10-11,13-14,17H,6,9,12,15-16H2,(H,28,31)(H,29,30). The van der Waals surface area contributed by atoms with Crippen molar-refractivity contribution in [2.24, 2.45) is 0 Å². The zero-order chi connectivity index (χ0) is 23.3. The molecule has 0 spiro atoms. The fourth-order valence-electron chi connectivity index (χ4n) is 3.94. The molecule has 5 rings (SSSR count). The maximum absolute atomic E-state index is 13.1. The van der Waals surface area contributed by atoms with Gasteiger partial charge in [-0.05, 0) is 42.7 Å². The number of ether oxygens (including phenoxy) is 2. The Bertz CT molecular complexity index is 1330. The first kappa shape index (κ1) is 21.6. The highest BCUT2D eigenvalue weighted by molar-refractivity contribution is 6.14. The molecule has 3 aromatic carbocycles. The van der Waals surface area contributed by atoms with Crippen LogP contribution in [0.25, 0.3) is 11.0 Å². The van der Waals surface area contributed by atoms with Crippen molar-refractivity contribution < 1.29 is 23.5 Å². The molecule has 2 heterocycles. The van der Waals surface area contributed by atoms with Crippen molar-refractivity contribution in [3.8, 4) is 11.5 Å². The highest BCUT2D eigenvalue weighted by Crippen LogP contribution is 2.34. The lowest BCUT2D eigenvalue weighted by Gasteiger charge is -2.18. The largest absolute Gasteiger partial charge is 0.486 e. The first-order valence-electron chi connectivity index (χ1n) is 11.2. The molecule has 34 heavy (non-hydrogen) atoms. The number of benzene rings is 3. The van der Waals surface area contributed by atoms with E-state index in [2.05, 4.69) is 10.6 Å². The third kappa shape index (κ3) is 4.73. The zero-order valence-electron chi connectivity index (χ0n) is 18.5. The van der Waals surface area contributed by atoms with E-state index >= 15 is 0 Å². The van der Waals surface area contributed by atoms with Crippen molar-refractivity contribution in [2.45, 2.75) is 19.3 Å². The Balaban J connectivity index is 1.32. The lowest BCUT2D eigenvalue weighted by Crippen LogP contribution is -2.18. The molecule has 7 nitrogen and oxygen atoms in total. The summed E-state index contributed by atoms with van der Waals surface area (Å²) >= 11 is 0. The maximum atomic E-state index is 13.1. The molecular formula is C27H24N2O5. The number of anilines is 2. The normalized spacial score (nSPS) is 12.4. The number of rotatable bonds is 7. The number of hydrogen-bond donors (Lipinski definition) is 2. The molecule has 0 radical (unpaired) electrons. The minimum atomic E-state index is -0.465. The predicted molar refractivity (Wildman–Crippen MR) is 130 cm³/mol. The van der Waals surface area contributed by atoms with Gasteiger partial charge in [0.05, 0.1) is 0 Å². The van der Waals surface area contributed by atoms with Crippen LogP contribution in [0.4, 0.5) is 11.4 Å². The number of furan rings is 1. The minimum Gasteiger partial charge on any atom is -0.486 e. The summed E-state index contributed by atoms with van der Waals surface area (Å²) in [7, 11) is 0. The summed E-state index contributed by atoms with van der Waals surface area (Å²) in [5.41, 5.74) is 2.61. The molecule has 0 unspecified atom stereocenters. The van der Waals surface area contributed by atoms with E-state index in [0.29, 0.717) is 59.9 Å². The topological polar surface area (TPSA) is 89.8 Å². The summed E-state index contributed by atoms with van der Waals surface area (Å²) in [4.78, 5) is 25.8. The summed E-state index contributed by atoms with van der Waals surface area (Å²) in [6, 6.07) is 22.5. The SMILES string of the molecule is O=C(CCCc1ccccc1)Nc1c(C(=O)Nc2ccc3c(c2)OCCO3)oc2ccccc12. The Morgan fingerprint density at radius 3 is 2.44 bits per heavy atom.